The number of hydrogen-bond donors (Lipinski definition) is 0. The van der Waals surface area contributed by atoms with E-state index in [-0.39, 0.29) is 12.1 Å². The van der Waals surface area contributed by atoms with Gasteiger partial charge in [-0.25, -0.2) is 0 Å². The van der Waals surface area contributed by atoms with E-state index < -0.39 is 16.6 Å². The van der Waals surface area contributed by atoms with Crippen LogP contribution in [0.1, 0.15) is 180 Å². The maximum Gasteiger partial charge on any atom is 0.306 e. The van der Waals surface area contributed by atoms with Crippen LogP contribution in [0, 0.1) is 0 Å². The highest BCUT2D eigenvalue weighted by atomic mass is 28.4. The summed E-state index contributed by atoms with van der Waals surface area (Å²) in [5.41, 5.74) is 2.88. The van der Waals surface area contributed by atoms with E-state index in [4.69, 9.17) is 18.3 Å². The van der Waals surface area contributed by atoms with E-state index >= 15 is 0 Å². The Kier molecular flexibility index (Phi) is 26.9. The van der Waals surface area contributed by atoms with Crippen molar-refractivity contribution in [1.29, 1.82) is 0 Å². The maximum atomic E-state index is 13.1. The number of rotatable bonds is 31. The molecule has 0 fully saturated rings. The summed E-state index contributed by atoms with van der Waals surface area (Å²) in [5.74, 6) is -0.111. The van der Waals surface area contributed by atoms with Crippen LogP contribution in [0.2, 0.25) is 33.2 Å². The molecule has 0 atom stereocenters. The quantitative estimate of drug-likeness (QED) is 0.0310. The Morgan fingerprint density at radius 2 is 0.938 bits per heavy atom. The van der Waals surface area contributed by atoms with E-state index in [9.17, 15) is 4.79 Å². The van der Waals surface area contributed by atoms with Gasteiger partial charge < -0.3 is 18.3 Å². The van der Waals surface area contributed by atoms with Gasteiger partial charge in [0.05, 0.1) is 19.8 Å². The van der Waals surface area contributed by atoms with Crippen molar-refractivity contribution in [2.45, 2.75) is 219 Å². The van der Waals surface area contributed by atoms with Gasteiger partial charge in [0.25, 0.3) is 0 Å². The topological polar surface area (TPSA) is 54.0 Å². The van der Waals surface area contributed by atoms with E-state index in [1.165, 1.54) is 44.9 Å². The molecule has 0 unspecified atom stereocenters. The second-order valence-electron chi connectivity index (χ2n) is 16.3. The number of ether oxygens (including phenoxy) is 2. The molecule has 0 amide bonds. The second kappa shape index (κ2) is 27.2. The molecular formula is C41H84O5Si2. The number of carbonyl (C=O) groups excluding carboxylic acids is 1. The molecule has 0 heterocycles. The lowest BCUT2D eigenvalue weighted by Gasteiger charge is -2.44. The lowest BCUT2D eigenvalue weighted by atomic mass is 10.1. The zero-order chi connectivity index (χ0) is 36.6. The Morgan fingerprint density at radius 3 is 1.42 bits per heavy atom. The minimum atomic E-state index is -2.10. The minimum Gasteiger partial charge on any atom is -0.458 e. The summed E-state index contributed by atoms with van der Waals surface area (Å²) in [6.07, 6.45) is 20.3. The summed E-state index contributed by atoms with van der Waals surface area (Å²) in [4.78, 5) is 13.1. The van der Waals surface area contributed by atoms with Crippen molar-refractivity contribution >= 4 is 22.6 Å². The van der Waals surface area contributed by atoms with Gasteiger partial charge in [0, 0.05) is 13.0 Å². The van der Waals surface area contributed by atoms with Crippen LogP contribution in [0.4, 0.5) is 0 Å². The molecular weight excluding hydrogens is 629 g/mol. The van der Waals surface area contributed by atoms with Crippen molar-refractivity contribution < 1.29 is 23.1 Å². The predicted octanol–water partition coefficient (Wildman–Crippen LogP) is 13.3. The largest absolute Gasteiger partial charge is 0.458 e. The lowest BCUT2D eigenvalue weighted by molar-refractivity contribution is -0.152. The molecule has 0 N–H and O–H groups in total. The van der Waals surface area contributed by atoms with Gasteiger partial charge in [0.2, 0.25) is 16.6 Å². The van der Waals surface area contributed by atoms with Gasteiger partial charge in [-0.15, -0.1) is 0 Å². The van der Waals surface area contributed by atoms with E-state index in [0.717, 1.165) is 51.7 Å². The Hall–Kier alpha value is -0.476. The monoisotopic (exact) mass is 713 g/mol. The van der Waals surface area contributed by atoms with Crippen LogP contribution < -0.4 is 0 Å². The van der Waals surface area contributed by atoms with E-state index in [2.05, 4.69) is 102 Å². The number of esters is 1. The lowest BCUT2D eigenvalue weighted by Crippen LogP contribution is -2.52. The predicted molar refractivity (Wildman–Crippen MR) is 214 cm³/mol. The van der Waals surface area contributed by atoms with Crippen LogP contribution in [0.15, 0.2) is 12.2 Å². The Bertz CT molecular complexity index is 729. The summed E-state index contributed by atoms with van der Waals surface area (Å²) in [6, 6.07) is 0. The van der Waals surface area contributed by atoms with Crippen molar-refractivity contribution in [2.24, 2.45) is 0 Å². The smallest absolute Gasteiger partial charge is 0.306 e. The number of allylic oxidation sites excluding steroid dienone is 1. The first kappa shape index (κ1) is 47.5. The van der Waals surface area contributed by atoms with Gasteiger partial charge in [-0.1, -0.05) is 154 Å². The third kappa shape index (κ3) is 17.6. The summed E-state index contributed by atoms with van der Waals surface area (Å²) in [5, 5.41) is 0. The fourth-order valence-electron chi connectivity index (χ4n) is 8.37. The zero-order valence-corrected chi connectivity index (χ0v) is 36.5. The average Bonchev–Trinajstić information content (AvgIpc) is 2.99. The molecule has 48 heavy (non-hydrogen) atoms. The van der Waals surface area contributed by atoms with Crippen LogP contribution in [-0.4, -0.2) is 55.1 Å². The summed E-state index contributed by atoms with van der Waals surface area (Å²) in [6.45, 7) is 32.5. The molecule has 0 radical (unpaired) electrons. The van der Waals surface area contributed by atoms with Crippen LogP contribution >= 0.6 is 0 Å². The van der Waals surface area contributed by atoms with Crippen molar-refractivity contribution in [3.63, 3.8) is 0 Å². The standard InChI is InChI=1S/C41H84O5Si2/c1-14-15-16-17-21-24-27-30-43-31-28-25-22-19-18-20-23-26-29-41(42)46-40(32-44-47(34(2)3,35(4)5)36(6)7)33-45-48(37(8)9,38(10)11)39(12)13/h22,25,34-40H,14-21,23-24,26-33H2,1-13H3/b25-22-. The maximum absolute atomic E-state index is 13.1. The molecule has 0 aliphatic carbocycles. The molecule has 0 bridgehead atoms. The highest BCUT2D eigenvalue weighted by Gasteiger charge is 2.47. The van der Waals surface area contributed by atoms with Crippen molar-refractivity contribution in [1.82, 2.24) is 0 Å². The van der Waals surface area contributed by atoms with Crippen LogP contribution in [0.3, 0.4) is 0 Å². The molecule has 286 valence electrons. The molecule has 0 aromatic carbocycles. The number of hydrogen-bond acceptors (Lipinski definition) is 5. The molecule has 0 aromatic heterocycles. The van der Waals surface area contributed by atoms with Gasteiger partial charge in [0.1, 0.15) is 6.10 Å². The molecule has 0 saturated carbocycles. The fourth-order valence-corrected chi connectivity index (χ4v) is 19.3. The third-order valence-electron chi connectivity index (χ3n) is 10.7. The average molecular weight is 713 g/mol. The van der Waals surface area contributed by atoms with Crippen LogP contribution in [0.5, 0.6) is 0 Å². The van der Waals surface area contributed by atoms with Crippen molar-refractivity contribution in [2.75, 3.05) is 26.4 Å². The number of unbranched alkanes of at least 4 members (excludes halogenated alkanes) is 10. The summed E-state index contributed by atoms with van der Waals surface area (Å²) >= 11 is 0. The Labute approximate surface area is 302 Å². The first-order valence-corrected chi connectivity index (χ1v) is 24.7. The van der Waals surface area contributed by atoms with E-state index in [0.29, 0.717) is 52.9 Å². The van der Waals surface area contributed by atoms with Crippen LogP contribution in [0.25, 0.3) is 0 Å². The molecule has 7 heteroatoms. The van der Waals surface area contributed by atoms with E-state index in [1.807, 2.05) is 0 Å². The van der Waals surface area contributed by atoms with Crippen molar-refractivity contribution in [3.8, 4) is 0 Å². The van der Waals surface area contributed by atoms with Gasteiger partial charge >= 0.3 is 5.97 Å². The van der Waals surface area contributed by atoms with Gasteiger partial charge in [-0.3, -0.25) is 4.79 Å². The number of carbonyl (C=O) groups is 1. The first-order chi connectivity index (χ1) is 22.7. The highest BCUT2D eigenvalue weighted by molar-refractivity contribution is 6.78. The third-order valence-corrected chi connectivity index (χ3v) is 22.9. The van der Waals surface area contributed by atoms with Gasteiger partial charge in [-0.05, 0) is 65.4 Å². The van der Waals surface area contributed by atoms with Crippen LogP contribution in [-0.2, 0) is 23.1 Å². The fraction of sp³-hybridized carbons (Fsp3) is 0.927. The second-order valence-corrected chi connectivity index (χ2v) is 27.2. The normalized spacial score (nSPS) is 13.2. The molecule has 0 rings (SSSR count). The Morgan fingerprint density at radius 1 is 0.521 bits per heavy atom. The molecule has 0 aromatic rings. The van der Waals surface area contributed by atoms with Gasteiger partial charge in [0.15, 0.2) is 0 Å². The Balaban J connectivity index is 4.78. The molecule has 0 saturated heterocycles. The minimum absolute atomic E-state index is 0.111. The molecule has 0 spiro atoms. The SMILES string of the molecule is CCCCCCCCCOCC/C=C\CCCCCCC(=O)OC(CO[Si](C(C)C)(C(C)C)C(C)C)CO[Si](C(C)C)(C(C)C)C(C)C. The molecule has 5 nitrogen and oxygen atoms in total. The zero-order valence-electron chi connectivity index (χ0n) is 34.5. The molecule has 0 aliphatic rings. The summed E-state index contributed by atoms with van der Waals surface area (Å²) in [7, 11) is -4.19. The summed E-state index contributed by atoms with van der Waals surface area (Å²) < 4.78 is 25.9. The van der Waals surface area contributed by atoms with Gasteiger partial charge in [-0.2, -0.15) is 0 Å². The molecule has 0 aliphatic heterocycles. The first-order valence-electron chi connectivity index (χ1n) is 20.4. The van der Waals surface area contributed by atoms with E-state index in [1.54, 1.807) is 0 Å². The highest BCUT2D eigenvalue weighted by Crippen LogP contribution is 2.44. The van der Waals surface area contributed by atoms with Crippen molar-refractivity contribution in [3.05, 3.63) is 12.2 Å².